The van der Waals surface area contributed by atoms with Crippen molar-refractivity contribution in [3.05, 3.63) is 71.0 Å². The topological polar surface area (TPSA) is 177 Å². The van der Waals surface area contributed by atoms with Gasteiger partial charge >= 0.3 is 0 Å². The summed E-state index contributed by atoms with van der Waals surface area (Å²) in [7, 11) is 1.65. The minimum Gasteiger partial charge on any atom is -0.394 e. The Labute approximate surface area is 262 Å². The summed E-state index contributed by atoms with van der Waals surface area (Å²) in [6, 6.07) is 15.0. The maximum absolute atomic E-state index is 9.36. The molecular formula is C27H32Cl2N8O3S2. The van der Waals surface area contributed by atoms with Crippen molar-refractivity contribution in [2.24, 2.45) is 0 Å². The molecule has 2 heterocycles. The van der Waals surface area contributed by atoms with Crippen LogP contribution in [0.1, 0.15) is 6.42 Å². The molecule has 0 amide bonds. The first-order valence-corrected chi connectivity index (χ1v) is 15.0. The van der Waals surface area contributed by atoms with Crippen LogP contribution in [0.25, 0.3) is 0 Å². The fraction of sp³-hybridized carbons (Fsp3) is 0.259. The Morgan fingerprint density at radius 3 is 1.69 bits per heavy atom. The van der Waals surface area contributed by atoms with E-state index in [-0.39, 0.29) is 18.5 Å². The Balaban J connectivity index is 0.000000231. The first kappa shape index (κ1) is 33.5. The largest absolute Gasteiger partial charge is 0.394 e. The van der Waals surface area contributed by atoms with Crippen molar-refractivity contribution < 1.29 is 14.9 Å². The van der Waals surface area contributed by atoms with Gasteiger partial charge in [-0.3, -0.25) is 0 Å². The van der Waals surface area contributed by atoms with Crippen LogP contribution in [0.2, 0.25) is 10.0 Å². The number of rotatable bonds is 13. The SMILES string of the molecule is COCCNc1nc(N)ncc1Sc1ccc(Cl)cc1.Nc1ncc(Sc2ccc(Cl)cc2)c(NCCC(O)CO)n1. The van der Waals surface area contributed by atoms with E-state index in [9.17, 15) is 5.11 Å². The van der Waals surface area contributed by atoms with Crippen molar-refractivity contribution in [1.82, 2.24) is 19.9 Å². The number of nitrogens with two attached hydrogens (primary N) is 2. The van der Waals surface area contributed by atoms with Crippen molar-refractivity contribution >= 4 is 70.3 Å². The van der Waals surface area contributed by atoms with E-state index in [1.807, 2.05) is 48.5 Å². The van der Waals surface area contributed by atoms with Crippen molar-refractivity contribution in [1.29, 1.82) is 0 Å². The summed E-state index contributed by atoms with van der Waals surface area (Å²) in [5.41, 5.74) is 11.2. The number of methoxy groups -OCH3 is 1. The predicted octanol–water partition coefficient (Wildman–Crippen LogP) is 4.94. The number of ether oxygens (including phenoxy) is 1. The van der Waals surface area contributed by atoms with Gasteiger partial charge in [-0.15, -0.1) is 0 Å². The molecule has 0 spiro atoms. The lowest BCUT2D eigenvalue weighted by molar-refractivity contribution is 0.0911. The molecule has 1 atom stereocenters. The van der Waals surface area contributed by atoms with Gasteiger partial charge in [0, 0.05) is 52.4 Å². The van der Waals surface area contributed by atoms with Gasteiger partial charge in [-0.1, -0.05) is 46.7 Å². The average molecular weight is 652 g/mol. The van der Waals surface area contributed by atoms with Crippen LogP contribution in [0.4, 0.5) is 23.5 Å². The van der Waals surface area contributed by atoms with Gasteiger partial charge in [0.05, 0.1) is 29.1 Å². The quantitative estimate of drug-likeness (QED) is 0.107. The molecular weight excluding hydrogens is 619 g/mol. The van der Waals surface area contributed by atoms with Gasteiger partial charge in [0.15, 0.2) is 0 Å². The van der Waals surface area contributed by atoms with Gasteiger partial charge in [-0.05, 0) is 55.0 Å². The lowest BCUT2D eigenvalue weighted by Gasteiger charge is -2.12. The molecule has 0 saturated heterocycles. The molecule has 0 bridgehead atoms. The average Bonchev–Trinajstić information content (AvgIpc) is 2.98. The summed E-state index contributed by atoms with van der Waals surface area (Å²) in [5.74, 6) is 1.71. The van der Waals surface area contributed by atoms with Crippen molar-refractivity contribution in [2.45, 2.75) is 32.1 Å². The molecule has 2 aromatic carbocycles. The number of nitrogens with zero attached hydrogens (tertiary/aromatic N) is 4. The van der Waals surface area contributed by atoms with Crippen molar-refractivity contribution in [2.75, 3.05) is 55.5 Å². The Bertz CT molecular complexity index is 1390. The summed E-state index contributed by atoms with van der Waals surface area (Å²) in [5, 5.41) is 25.8. The lowest BCUT2D eigenvalue weighted by Crippen LogP contribution is -2.17. The first-order chi connectivity index (χ1) is 20.3. The van der Waals surface area contributed by atoms with E-state index in [4.69, 9.17) is 44.5 Å². The van der Waals surface area contributed by atoms with Crippen LogP contribution < -0.4 is 22.1 Å². The van der Waals surface area contributed by atoms with E-state index in [1.165, 1.54) is 11.8 Å². The maximum Gasteiger partial charge on any atom is 0.221 e. The second-order valence-electron chi connectivity index (χ2n) is 8.47. The van der Waals surface area contributed by atoms with E-state index >= 15 is 0 Å². The third-order valence-electron chi connectivity index (χ3n) is 5.21. The van der Waals surface area contributed by atoms with Crippen LogP contribution in [-0.4, -0.2) is 69.7 Å². The number of aliphatic hydroxyl groups excluding tert-OH is 2. The van der Waals surface area contributed by atoms with E-state index < -0.39 is 6.10 Å². The molecule has 2 aromatic heterocycles. The fourth-order valence-electron chi connectivity index (χ4n) is 3.15. The molecule has 1 unspecified atom stereocenters. The number of halogens is 2. The van der Waals surface area contributed by atoms with Crippen molar-refractivity contribution in [3.63, 3.8) is 0 Å². The summed E-state index contributed by atoms with van der Waals surface area (Å²) >= 11 is 14.8. The highest BCUT2D eigenvalue weighted by Gasteiger charge is 2.10. The molecule has 0 aliphatic carbocycles. The molecule has 42 heavy (non-hydrogen) atoms. The standard InChI is InChI=1S/C14H17ClN4O2S.C13H15ClN4OS/c15-9-1-3-11(4-2-9)22-12-7-18-14(16)19-13(12)17-6-5-10(21)8-20;1-19-7-6-16-12-11(8-17-13(15)18-12)20-10-4-2-9(14)3-5-10/h1-4,7,10,20-21H,5-6,8H2,(H3,16,17,18,19);2-5,8H,6-7H2,1H3,(H3,15,16,17,18). The lowest BCUT2D eigenvalue weighted by atomic mass is 10.3. The number of hydrogen-bond donors (Lipinski definition) is 6. The van der Waals surface area contributed by atoms with Crippen LogP contribution in [0.15, 0.2) is 80.5 Å². The third kappa shape index (κ3) is 11.7. The van der Waals surface area contributed by atoms with Gasteiger partial charge in [-0.25, -0.2) is 9.97 Å². The second kappa shape index (κ2) is 17.8. The second-order valence-corrected chi connectivity index (χ2v) is 11.6. The molecule has 8 N–H and O–H groups in total. The molecule has 4 aromatic rings. The summed E-state index contributed by atoms with van der Waals surface area (Å²) in [6.07, 6.45) is 3.01. The molecule has 0 aliphatic heterocycles. The molecule has 0 saturated carbocycles. The maximum atomic E-state index is 9.36. The summed E-state index contributed by atoms with van der Waals surface area (Å²) < 4.78 is 5.01. The molecule has 0 aliphatic rings. The van der Waals surface area contributed by atoms with Gasteiger partial charge in [0.25, 0.3) is 0 Å². The van der Waals surface area contributed by atoms with Crippen LogP contribution in [0.5, 0.6) is 0 Å². The fourth-order valence-corrected chi connectivity index (χ4v) is 5.09. The van der Waals surface area contributed by atoms with E-state index in [1.54, 1.807) is 31.3 Å². The van der Waals surface area contributed by atoms with Crippen LogP contribution in [0.3, 0.4) is 0 Å². The normalized spacial score (nSPS) is 11.4. The van der Waals surface area contributed by atoms with Gasteiger partial charge in [0.1, 0.15) is 11.6 Å². The Kier molecular flexibility index (Phi) is 14.2. The first-order valence-electron chi connectivity index (χ1n) is 12.6. The van der Waals surface area contributed by atoms with Gasteiger partial charge in [0.2, 0.25) is 11.9 Å². The molecule has 4 rings (SSSR count). The minimum atomic E-state index is -0.751. The van der Waals surface area contributed by atoms with E-state index in [0.29, 0.717) is 47.8 Å². The van der Waals surface area contributed by atoms with Gasteiger partial charge in [-0.2, -0.15) is 9.97 Å². The van der Waals surface area contributed by atoms with Crippen LogP contribution >= 0.6 is 46.7 Å². The number of aliphatic hydroxyl groups is 2. The monoisotopic (exact) mass is 650 g/mol. The number of aromatic nitrogens is 4. The third-order valence-corrected chi connectivity index (χ3v) is 7.77. The van der Waals surface area contributed by atoms with Crippen molar-refractivity contribution in [3.8, 4) is 0 Å². The Hall–Kier alpha value is -3.04. The van der Waals surface area contributed by atoms with E-state index in [2.05, 4.69) is 30.6 Å². The molecule has 11 nitrogen and oxygen atoms in total. The zero-order chi connectivity index (χ0) is 30.3. The zero-order valence-corrected chi connectivity index (χ0v) is 25.8. The number of hydrogen-bond acceptors (Lipinski definition) is 13. The molecule has 224 valence electrons. The highest BCUT2D eigenvalue weighted by Crippen LogP contribution is 2.34. The van der Waals surface area contributed by atoms with Gasteiger partial charge < -0.3 is 37.1 Å². The Morgan fingerprint density at radius 2 is 1.26 bits per heavy atom. The Morgan fingerprint density at radius 1 is 0.810 bits per heavy atom. The summed E-state index contributed by atoms with van der Waals surface area (Å²) in [4.78, 5) is 20.2. The number of nitrogens with one attached hydrogen (secondary N) is 2. The molecule has 15 heteroatoms. The molecule has 0 fully saturated rings. The highest BCUT2D eigenvalue weighted by atomic mass is 35.5. The minimum absolute atomic E-state index is 0.172. The number of anilines is 4. The zero-order valence-electron chi connectivity index (χ0n) is 22.7. The molecule has 0 radical (unpaired) electrons. The number of benzene rings is 2. The smallest absolute Gasteiger partial charge is 0.221 e. The van der Waals surface area contributed by atoms with E-state index in [0.717, 1.165) is 19.6 Å². The highest BCUT2D eigenvalue weighted by molar-refractivity contribution is 7.99. The van der Waals surface area contributed by atoms with Crippen LogP contribution in [-0.2, 0) is 4.74 Å². The summed E-state index contributed by atoms with van der Waals surface area (Å²) in [6.45, 7) is 1.45. The number of nitrogen functional groups attached to an aromatic ring is 2. The predicted molar refractivity (Wildman–Crippen MR) is 171 cm³/mol. The van der Waals surface area contributed by atoms with Crippen LogP contribution in [0, 0.1) is 0 Å².